The standard InChI is InChI=1S/C26H17ClN2O2S/c27-18-15-16-23-22(17-18)26-25(28(23)19-9-3-1-4-10-19)21-13-7-8-14-24(21)32(30,31)29(26)20-11-5-2-6-12-20/h1-17H. The summed E-state index contributed by atoms with van der Waals surface area (Å²) in [6.07, 6.45) is 0. The predicted molar refractivity (Wildman–Crippen MR) is 129 cm³/mol. The molecule has 0 saturated carbocycles. The Balaban J connectivity index is 1.86. The van der Waals surface area contributed by atoms with Crippen molar-refractivity contribution < 1.29 is 8.42 Å². The van der Waals surface area contributed by atoms with Crippen LogP contribution in [0.4, 0.5) is 11.4 Å². The van der Waals surface area contributed by atoms with Crippen molar-refractivity contribution in [1.82, 2.24) is 4.57 Å². The molecule has 1 aliphatic heterocycles. The van der Waals surface area contributed by atoms with Crippen molar-refractivity contribution in [3.8, 4) is 16.9 Å². The third kappa shape index (κ3) is 2.65. The highest BCUT2D eigenvalue weighted by Gasteiger charge is 2.40. The smallest absolute Gasteiger partial charge is 0.269 e. The molecule has 0 aliphatic carbocycles. The highest BCUT2D eigenvalue weighted by Crippen LogP contribution is 2.52. The second kappa shape index (κ2) is 6.99. The number of fused-ring (bicyclic) bond motifs is 5. The molecule has 0 bridgehead atoms. The van der Waals surface area contributed by atoms with Gasteiger partial charge in [0, 0.05) is 21.7 Å². The van der Waals surface area contributed by atoms with E-state index in [2.05, 4.69) is 4.57 Å². The Morgan fingerprint density at radius 3 is 2.03 bits per heavy atom. The molecule has 0 atom stereocenters. The number of benzene rings is 4. The van der Waals surface area contributed by atoms with E-state index in [9.17, 15) is 8.42 Å². The summed E-state index contributed by atoms with van der Waals surface area (Å²) < 4.78 is 31.4. The third-order valence-corrected chi connectivity index (χ3v) is 7.79. The Kier molecular flexibility index (Phi) is 4.18. The zero-order valence-corrected chi connectivity index (χ0v) is 18.4. The van der Waals surface area contributed by atoms with E-state index >= 15 is 0 Å². The van der Waals surface area contributed by atoms with Crippen LogP contribution in [0.1, 0.15) is 0 Å². The Labute approximate surface area is 191 Å². The summed E-state index contributed by atoms with van der Waals surface area (Å²) in [6.45, 7) is 0. The molecule has 4 nitrogen and oxygen atoms in total. The zero-order chi connectivity index (χ0) is 21.9. The van der Waals surface area contributed by atoms with Crippen LogP contribution in [0.25, 0.3) is 27.8 Å². The van der Waals surface area contributed by atoms with Gasteiger partial charge >= 0.3 is 0 Å². The largest absolute Gasteiger partial charge is 0.307 e. The van der Waals surface area contributed by atoms with Gasteiger partial charge in [0.15, 0.2) is 0 Å². The predicted octanol–water partition coefficient (Wildman–Crippen LogP) is 6.79. The highest BCUT2D eigenvalue weighted by atomic mass is 35.5. The van der Waals surface area contributed by atoms with Crippen molar-refractivity contribution in [3.05, 3.63) is 108 Å². The molecule has 0 N–H and O–H groups in total. The molecular weight excluding hydrogens is 440 g/mol. The molecule has 0 unspecified atom stereocenters. The van der Waals surface area contributed by atoms with Crippen molar-refractivity contribution in [1.29, 1.82) is 0 Å². The summed E-state index contributed by atoms with van der Waals surface area (Å²) in [5, 5.41) is 1.33. The van der Waals surface area contributed by atoms with Gasteiger partial charge in [0.05, 0.1) is 27.5 Å². The molecule has 6 heteroatoms. The fourth-order valence-corrected chi connectivity index (χ4v) is 6.37. The zero-order valence-electron chi connectivity index (χ0n) is 16.8. The average Bonchev–Trinajstić information content (AvgIpc) is 3.14. The molecule has 32 heavy (non-hydrogen) atoms. The maximum Gasteiger partial charge on any atom is 0.269 e. The molecule has 0 fully saturated rings. The maximum absolute atomic E-state index is 13.9. The van der Waals surface area contributed by atoms with Crippen molar-refractivity contribution >= 4 is 43.9 Å². The van der Waals surface area contributed by atoms with E-state index in [1.165, 1.54) is 4.31 Å². The fourth-order valence-electron chi connectivity index (χ4n) is 4.48. The number of sulfonamides is 1. The number of rotatable bonds is 2. The van der Waals surface area contributed by atoms with E-state index in [1.54, 1.807) is 12.1 Å². The van der Waals surface area contributed by atoms with E-state index in [1.807, 2.05) is 91.0 Å². The van der Waals surface area contributed by atoms with Gasteiger partial charge in [-0.2, -0.15) is 0 Å². The van der Waals surface area contributed by atoms with Crippen LogP contribution in [0, 0.1) is 0 Å². The number of hydrogen-bond donors (Lipinski definition) is 0. The average molecular weight is 457 g/mol. The van der Waals surface area contributed by atoms with E-state index in [-0.39, 0.29) is 4.90 Å². The molecule has 156 valence electrons. The fraction of sp³-hybridized carbons (Fsp3) is 0. The number of para-hydroxylation sites is 2. The molecule has 6 rings (SSSR count). The quantitative estimate of drug-likeness (QED) is 0.293. The van der Waals surface area contributed by atoms with Gasteiger partial charge in [0.2, 0.25) is 0 Å². The van der Waals surface area contributed by atoms with Crippen LogP contribution in [0.2, 0.25) is 5.02 Å². The van der Waals surface area contributed by atoms with Crippen LogP contribution in [-0.4, -0.2) is 13.0 Å². The van der Waals surface area contributed by atoms with E-state index < -0.39 is 10.0 Å². The molecule has 0 amide bonds. The molecule has 5 aromatic rings. The van der Waals surface area contributed by atoms with Gasteiger partial charge in [-0.15, -0.1) is 0 Å². The van der Waals surface area contributed by atoms with E-state index in [4.69, 9.17) is 11.6 Å². The molecule has 1 aromatic heterocycles. The van der Waals surface area contributed by atoms with Crippen LogP contribution in [0.5, 0.6) is 0 Å². The highest BCUT2D eigenvalue weighted by molar-refractivity contribution is 7.93. The van der Waals surface area contributed by atoms with Gasteiger partial charge in [-0.3, -0.25) is 0 Å². The molecule has 2 heterocycles. The Bertz CT molecular complexity index is 1590. The van der Waals surface area contributed by atoms with Crippen molar-refractivity contribution in [2.24, 2.45) is 0 Å². The lowest BCUT2D eigenvalue weighted by Gasteiger charge is -2.31. The Morgan fingerprint density at radius 2 is 1.31 bits per heavy atom. The first-order valence-electron chi connectivity index (χ1n) is 10.2. The van der Waals surface area contributed by atoms with Crippen LogP contribution < -0.4 is 4.31 Å². The topological polar surface area (TPSA) is 42.3 Å². The van der Waals surface area contributed by atoms with Crippen molar-refractivity contribution in [3.63, 3.8) is 0 Å². The summed E-state index contributed by atoms with van der Waals surface area (Å²) in [5.74, 6) is 0. The van der Waals surface area contributed by atoms with Crippen LogP contribution in [-0.2, 0) is 10.0 Å². The maximum atomic E-state index is 13.9. The van der Waals surface area contributed by atoms with Gasteiger partial charge in [0.1, 0.15) is 0 Å². The van der Waals surface area contributed by atoms with Gasteiger partial charge < -0.3 is 4.57 Å². The summed E-state index contributed by atoms with van der Waals surface area (Å²) >= 11 is 6.40. The summed E-state index contributed by atoms with van der Waals surface area (Å²) in [7, 11) is -3.85. The monoisotopic (exact) mass is 456 g/mol. The number of nitrogens with zero attached hydrogens (tertiary/aromatic N) is 2. The van der Waals surface area contributed by atoms with Gasteiger partial charge in [0.25, 0.3) is 10.0 Å². The summed E-state index contributed by atoms with van der Waals surface area (Å²) in [4.78, 5) is 0.280. The first-order valence-corrected chi connectivity index (χ1v) is 12.0. The molecular formula is C26H17ClN2O2S. The van der Waals surface area contributed by atoms with Gasteiger partial charge in [-0.25, -0.2) is 12.7 Å². The normalized spacial score (nSPS) is 14.2. The Morgan fingerprint density at radius 1 is 0.688 bits per heavy atom. The first-order chi connectivity index (χ1) is 15.6. The minimum Gasteiger partial charge on any atom is -0.307 e. The third-order valence-electron chi connectivity index (χ3n) is 5.77. The van der Waals surface area contributed by atoms with Crippen LogP contribution in [0.3, 0.4) is 0 Å². The molecule has 0 saturated heterocycles. The van der Waals surface area contributed by atoms with Crippen molar-refractivity contribution in [2.75, 3.05) is 4.31 Å². The molecule has 1 aliphatic rings. The van der Waals surface area contributed by atoms with E-state index in [0.717, 1.165) is 22.3 Å². The van der Waals surface area contributed by atoms with Crippen LogP contribution >= 0.6 is 11.6 Å². The van der Waals surface area contributed by atoms with Crippen LogP contribution in [0.15, 0.2) is 108 Å². The lowest BCUT2D eigenvalue weighted by molar-refractivity contribution is 0.595. The molecule has 4 aromatic carbocycles. The SMILES string of the molecule is O=S1(=O)c2ccccc2-c2c(c3cc(Cl)ccc3n2-c2ccccc2)N1c1ccccc1. The summed E-state index contributed by atoms with van der Waals surface area (Å²) in [5.41, 5.74) is 4.52. The lowest BCUT2D eigenvalue weighted by Crippen LogP contribution is -2.30. The number of hydrogen-bond acceptors (Lipinski definition) is 2. The number of halogens is 1. The Hall–Kier alpha value is -3.54. The first kappa shape index (κ1) is 19.2. The van der Waals surface area contributed by atoms with E-state index in [0.29, 0.717) is 22.0 Å². The second-order valence-electron chi connectivity index (χ2n) is 7.63. The molecule has 0 spiro atoms. The van der Waals surface area contributed by atoms with Crippen molar-refractivity contribution in [2.45, 2.75) is 4.90 Å². The minimum atomic E-state index is -3.85. The molecule has 0 radical (unpaired) electrons. The second-order valence-corrected chi connectivity index (χ2v) is 9.82. The minimum absolute atomic E-state index is 0.280. The number of aromatic nitrogens is 1. The lowest BCUT2D eigenvalue weighted by atomic mass is 10.1. The summed E-state index contributed by atoms with van der Waals surface area (Å²) in [6, 6.07) is 31.9. The van der Waals surface area contributed by atoms with Gasteiger partial charge in [-0.05, 0) is 48.5 Å². The van der Waals surface area contributed by atoms with Gasteiger partial charge in [-0.1, -0.05) is 66.2 Å². The number of anilines is 2.